The van der Waals surface area contributed by atoms with Gasteiger partial charge in [-0.1, -0.05) is 32.1 Å². The van der Waals surface area contributed by atoms with E-state index in [1.165, 1.54) is 39.2 Å². The third kappa shape index (κ3) is 7.28. The van der Waals surface area contributed by atoms with E-state index in [1.807, 2.05) is 15.7 Å². The molecule has 1 aromatic heterocycles. The minimum atomic E-state index is -0.264. The minimum Gasteiger partial charge on any atom is -0.469 e. The molecule has 0 saturated heterocycles. The molecule has 0 aliphatic heterocycles. The van der Waals surface area contributed by atoms with Gasteiger partial charge in [-0.25, -0.2) is 4.98 Å². The van der Waals surface area contributed by atoms with Gasteiger partial charge < -0.3 is 14.2 Å². The molecule has 1 amide bonds. The first-order chi connectivity index (χ1) is 12.2. The molecule has 6 heteroatoms. The number of ether oxygens (including phenoxy) is 1. The molecule has 1 aliphatic rings. The molecule has 1 aromatic rings. The van der Waals surface area contributed by atoms with Crippen molar-refractivity contribution in [1.82, 2.24) is 14.5 Å². The molecule has 140 valence electrons. The first-order valence-corrected chi connectivity index (χ1v) is 9.49. The van der Waals surface area contributed by atoms with Gasteiger partial charge in [-0.2, -0.15) is 0 Å². The molecule has 1 saturated carbocycles. The smallest absolute Gasteiger partial charge is 0.307 e. The van der Waals surface area contributed by atoms with Crippen molar-refractivity contribution in [2.24, 2.45) is 5.92 Å². The van der Waals surface area contributed by atoms with Crippen LogP contribution in [0.1, 0.15) is 57.8 Å². The fourth-order valence-corrected chi connectivity index (χ4v) is 3.51. The lowest BCUT2D eigenvalue weighted by Gasteiger charge is -2.25. The predicted octanol–water partition coefficient (Wildman–Crippen LogP) is 3.03. The number of aryl methyl sites for hydroxylation is 1. The maximum absolute atomic E-state index is 12.6. The summed E-state index contributed by atoms with van der Waals surface area (Å²) >= 11 is 0. The summed E-state index contributed by atoms with van der Waals surface area (Å²) in [5.41, 5.74) is 0. The number of hydrogen-bond acceptors (Lipinski definition) is 4. The second kappa shape index (κ2) is 10.9. The average Bonchev–Trinajstić information content (AvgIpc) is 3.16. The number of carbonyl (C=O) groups is 2. The van der Waals surface area contributed by atoms with Gasteiger partial charge in [0.15, 0.2) is 0 Å². The highest BCUT2D eigenvalue weighted by molar-refractivity contribution is 5.77. The number of amides is 1. The van der Waals surface area contributed by atoms with Gasteiger partial charge in [0, 0.05) is 38.4 Å². The molecule has 1 fully saturated rings. The van der Waals surface area contributed by atoms with Gasteiger partial charge >= 0.3 is 5.97 Å². The lowest BCUT2D eigenvalue weighted by Crippen LogP contribution is -2.34. The van der Waals surface area contributed by atoms with E-state index in [0.717, 1.165) is 19.4 Å². The van der Waals surface area contributed by atoms with Gasteiger partial charge in [-0.15, -0.1) is 0 Å². The molecule has 1 heterocycles. The first-order valence-electron chi connectivity index (χ1n) is 9.49. The Hall–Kier alpha value is -1.85. The van der Waals surface area contributed by atoms with Gasteiger partial charge in [-0.3, -0.25) is 9.59 Å². The lowest BCUT2D eigenvalue weighted by atomic mass is 9.86. The Morgan fingerprint density at radius 1 is 1.20 bits per heavy atom. The molecule has 0 aromatic carbocycles. The van der Waals surface area contributed by atoms with Crippen LogP contribution in [-0.2, 0) is 20.9 Å². The highest BCUT2D eigenvalue weighted by Crippen LogP contribution is 2.27. The second-order valence-corrected chi connectivity index (χ2v) is 6.90. The second-order valence-electron chi connectivity index (χ2n) is 6.90. The van der Waals surface area contributed by atoms with Crippen LogP contribution in [0.15, 0.2) is 18.7 Å². The number of nitrogens with zero attached hydrogens (tertiary/aromatic N) is 3. The summed E-state index contributed by atoms with van der Waals surface area (Å²) in [6.45, 7) is 1.93. The number of hydrogen-bond donors (Lipinski definition) is 0. The van der Waals surface area contributed by atoms with Crippen LogP contribution in [0.25, 0.3) is 0 Å². The van der Waals surface area contributed by atoms with Crippen LogP contribution in [0, 0.1) is 5.92 Å². The van der Waals surface area contributed by atoms with Crippen molar-refractivity contribution in [3.8, 4) is 0 Å². The van der Waals surface area contributed by atoms with Gasteiger partial charge in [0.2, 0.25) is 5.91 Å². The predicted molar refractivity (Wildman–Crippen MR) is 95.9 cm³/mol. The van der Waals surface area contributed by atoms with Crippen LogP contribution < -0.4 is 0 Å². The van der Waals surface area contributed by atoms with Crippen LogP contribution in [0.3, 0.4) is 0 Å². The van der Waals surface area contributed by atoms with E-state index in [2.05, 4.69) is 4.98 Å². The Bertz CT molecular complexity index is 510. The van der Waals surface area contributed by atoms with Crippen molar-refractivity contribution in [2.45, 2.75) is 64.3 Å². The van der Waals surface area contributed by atoms with E-state index in [9.17, 15) is 9.59 Å². The Morgan fingerprint density at radius 2 is 2.00 bits per heavy atom. The molecule has 0 atom stereocenters. The molecule has 2 rings (SSSR count). The third-order valence-electron chi connectivity index (χ3n) is 5.06. The van der Waals surface area contributed by atoms with E-state index in [-0.39, 0.29) is 18.3 Å². The lowest BCUT2D eigenvalue weighted by molar-refractivity contribution is -0.141. The van der Waals surface area contributed by atoms with E-state index >= 15 is 0 Å². The molecule has 0 bridgehead atoms. The number of aromatic nitrogens is 2. The molecular formula is C19H31N3O3. The zero-order chi connectivity index (χ0) is 17.9. The number of rotatable bonds is 10. The van der Waals surface area contributed by atoms with E-state index in [4.69, 9.17) is 4.74 Å². The number of imidazole rings is 1. The average molecular weight is 349 g/mol. The van der Waals surface area contributed by atoms with Crippen LogP contribution in [0.5, 0.6) is 0 Å². The quantitative estimate of drug-likeness (QED) is 0.609. The molecule has 1 aliphatic carbocycles. The Kier molecular flexibility index (Phi) is 8.49. The summed E-state index contributed by atoms with van der Waals surface area (Å²) in [6.07, 6.45) is 14.6. The first kappa shape index (κ1) is 19.5. The molecule has 0 radical (unpaired) electrons. The Balaban J connectivity index is 1.78. The van der Waals surface area contributed by atoms with Gasteiger partial charge in [0.1, 0.15) is 0 Å². The third-order valence-corrected chi connectivity index (χ3v) is 5.06. The molecule has 25 heavy (non-hydrogen) atoms. The summed E-state index contributed by atoms with van der Waals surface area (Å²) < 4.78 is 6.71. The maximum atomic E-state index is 12.6. The maximum Gasteiger partial charge on any atom is 0.307 e. The zero-order valence-corrected chi connectivity index (χ0v) is 15.4. The monoisotopic (exact) mass is 349 g/mol. The van der Waals surface area contributed by atoms with Gasteiger partial charge in [0.25, 0.3) is 0 Å². The normalized spacial score (nSPS) is 15.1. The highest BCUT2D eigenvalue weighted by atomic mass is 16.5. The fourth-order valence-electron chi connectivity index (χ4n) is 3.51. The number of carbonyl (C=O) groups excluding carboxylic acids is 2. The SMILES string of the molecule is COC(=O)CCN(CCCn1ccnc1)C(=O)CCC1CCCCC1. The Labute approximate surface area is 150 Å². The van der Waals surface area contributed by atoms with Crippen molar-refractivity contribution in [2.75, 3.05) is 20.2 Å². The van der Waals surface area contributed by atoms with Crippen LogP contribution in [-0.4, -0.2) is 46.5 Å². The molecule has 0 unspecified atom stereocenters. The number of methoxy groups -OCH3 is 1. The van der Waals surface area contributed by atoms with Crippen molar-refractivity contribution >= 4 is 11.9 Å². The van der Waals surface area contributed by atoms with Crippen molar-refractivity contribution in [3.63, 3.8) is 0 Å². The molecule has 6 nitrogen and oxygen atoms in total. The Morgan fingerprint density at radius 3 is 2.68 bits per heavy atom. The standard InChI is InChI=1S/C19H31N3O3/c1-25-19(24)10-14-22(13-5-12-21-15-11-20-16-21)18(23)9-8-17-6-3-2-4-7-17/h11,15-17H,2-10,12-14H2,1H3. The summed E-state index contributed by atoms with van der Waals surface area (Å²) in [5, 5.41) is 0. The highest BCUT2D eigenvalue weighted by Gasteiger charge is 2.19. The van der Waals surface area contributed by atoms with Crippen LogP contribution in [0.2, 0.25) is 0 Å². The molecular weight excluding hydrogens is 318 g/mol. The molecule has 0 N–H and O–H groups in total. The summed E-state index contributed by atoms with van der Waals surface area (Å²) in [5.74, 6) is 0.603. The summed E-state index contributed by atoms with van der Waals surface area (Å²) in [6, 6.07) is 0. The van der Waals surface area contributed by atoms with E-state index < -0.39 is 0 Å². The van der Waals surface area contributed by atoms with Crippen molar-refractivity contribution in [3.05, 3.63) is 18.7 Å². The van der Waals surface area contributed by atoms with E-state index in [1.54, 1.807) is 12.5 Å². The van der Waals surface area contributed by atoms with Gasteiger partial charge in [0.05, 0.1) is 19.9 Å². The number of esters is 1. The summed E-state index contributed by atoms with van der Waals surface area (Å²) in [7, 11) is 1.39. The van der Waals surface area contributed by atoms with Crippen LogP contribution in [0.4, 0.5) is 0 Å². The topological polar surface area (TPSA) is 64.4 Å². The van der Waals surface area contributed by atoms with Crippen molar-refractivity contribution < 1.29 is 14.3 Å². The largest absolute Gasteiger partial charge is 0.469 e. The molecule has 0 spiro atoms. The van der Waals surface area contributed by atoms with Crippen molar-refractivity contribution in [1.29, 1.82) is 0 Å². The van der Waals surface area contributed by atoms with E-state index in [0.29, 0.717) is 25.4 Å². The van der Waals surface area contributed by atoms with Gasteiger partial charge in [-0.05, 0) is 18.8 Å². The zero-order valence-electron chi connectivity index (χ0n) is 15.4. The summed E-state index contributed by atoms with van der Waals surface area (Å²) in [4.78, 5) is 29.9. The van der Waals surface area contributed by atoms with Crippen LogP contribution >= 0.6 is 0 Å². The minimum absolute atomic E-state index is 0.167. The fraction of sp³-hybridized carbons (Fsp3) is 0.737.